The quantitative estimate of drug-likeness (QED) is 0.706. The molecule has 7 heteroatoms. The van der Waals surface area contributed by atoms with Crippen LogP contribution in [0.15, 0.2) is 30.3 Å². The number of carbonyl (C=O) groups excluding carboxylic acids is 1. The Balaban J connectivity index is 2.22. The zero-order valence-electron chi connectivity index (χ0n) is 14.0. The number of benzene rings is 1. The summed E-state index contributed by atoms with van der Waals surface area (Å²) in [6.07, 6.45) is 0. The lowest BCUT2D eigenvalue weighted by molar-refractivity contribution is 0.0593. The standard InChI is InChI=1S/C18H17N3O4/c1-9-8-11(19)16(21-14(9)18(23)25-3)12-6-4-10-5-7-13(24-2)17(22)15(10)20-12/h4-8,22H,19H2,1-3H3. The molecule has 3 aromatic rings. The number of phenolic OH excluding ortho intramolecular Hbond substituents is 1. The van der Waals surface area contributed by atoms with Crippen LogP contribution in [0, 0.1) is 6.92 Å². The number of hydrogen-bond acceptors (Lipinski definition) is 7. The van der Waals surface area contributed by atoms with Crippen LogP contribution in [0.25, 0.3) is 22.3 Å². The van der Waals surface area contributed by atoms with Gasteiger partial charge >= 0.3 is 5.97 Å². The second-order valence-corrected chi connectivity index (χ2v) is 5.47. The molecule has 1 aromatic carbocycles. The number of ether oxygens (including phenoxy) is 2. The SMILES string of the molecule is COC(=O)c1nc(-c2ccc3ccc(OC)c(O)c3n2)c(N)cc1C. The molecule has 0 atom stereocenters. The van der Waals surface area contributed by atoms with E-state index in [0.29, 0.717) is 33.9 Å². The molecule has 0 radical (unpaired) electrons. The Morgan fingerprint density at radius 3 is 2.56 bits per heavy atom. The highest BCUT2D eigenvalue weighted by molar-refractivity contribution is 5.92. The summed E-state index contributed by atoms with van der Waals surface area (Å²) in [5, 5.41) is 11.0. The van der Waals surface area contributed by atoms with E-state index in [2.05, 4.69) is 9.97 Å². The van der Waals surface area contributed by atoms with Gasteiger partial charge in [0.25, 0.3) is 0 Å². The lowest BCUT2D eigenvalue weighted by Gasteiger charge is -2.11. The van der Waals surface area contributed by atoms with E-state index in [1.54, 1.807) is 37.3 Å². The highest BCUT2D eigenvalue weighted by Gasteiger charge is 2.17. The first-order valence-corrected chi connectivity index (χ1v) is 7.48. The van der Waals surface area contributed by atoms with Gasteiger partial charge in [-0.2, -0.15) is 0 Å². The Kier molecular flexibility index (Phi) is 4.14. The van der Waals surface area contributed by atoms with Gasteiger partial charge in [-0.05, 0) is 36.8 Å². The molecule has 2 heterocycles. The van der Waals surface area contributed by atoms with E-state index in [1.165, 1.54) is 14.2 Å². The van der Waals surface area contributed by atoms with E-state index in [4.69, 9.17) is 15.2 Å². The van der Waals surface area contributed by atoms with Gasteiger partial charge in [-0.25, -0.2) is 14.8 Å². The van der Waals surface area contributed by atoms with Crippen LogP contribution in [0.1, 0.15) is 16.1 Å². The van der Waals surface area contributed by atoms with Crippen molar-refractivity contribution in [3.63, 3.8) is 0 Å². The molecule has 0 fully saturated rings. The molecule has 0 spiro atoms. The molecule has 3 rings (SSSR count). The summed E-state index contributed by atoms with van der Waals surface area (Å²) in [5.74, 6) is -0.304. The molecule has 0 saturated heterocycles. The monoisotopic (exact) mass is 339 g/mol. The summed E-state index contributed by atoms with van der Waals surface area (Å²) in [6, 6.07) is 8.61. The van der Waals surface area contributed by atoms with Crippen LogP contribution >= 0.6 is 0 Å². The van der Waals surface area contributed by atoms with E-state index in [1.807, 2.05) is 0 Å². The number of hydrogen-bond donors (Lipinski definition) is 2. The number of phenols is 1. The van der Waals surface area contributed by atoms with E-state index in [-0.39, 0.29) is 11.4 Å². The van der Waals surface area contributed by atoms with Crippen LogP contribution in [-0.2, 0) is 4.74 Å². The zero-order chi connectivity index (χ0) is 18.1. The summed E-state index contributed by atoms with van der Waals surface area (Å²) in [6.45, 7) is 1.73. The maximum atomic E-state index is 11.9. The number of esters is 1. The van der Waals surface area contributed by atoms with Crippen LogP contribution in [0.3, 0.4) is 0 Å². The van der Waals surface area contributed by atoms with Gasteiger partial charge in [0.2, 0.25) is 0 Å². The Morgan fingerprint density at radius 1 is 1.16 bits per heavy atom. The van der Waals surface area contributed by atoms with Crippen molar-refractivity contribution in [3.8, 4) is 22.9 Å². The minimum atomic E-state index is -0.552. The van der Waals surface area contributed by atoms with Crippen LogP contribution < -0.4 is 10.5 Å². The first kappa shape index (κ1) is 16.5. The largest absolute Gasteiger partial charge is 0.503 e. The number of fused-ring (bicyclic) bond motifs is 1. The number of anilines is 1. The number of nitrogen functional groups attached to an aromatic ring is 1. The Bertz CT molecular complexity index is 986. The second-order valence-electron chi connectivity index (χ2n) is 5.47. The molecule has 7 nitrogen and oxygen atoms in total. The van der Waals surface area contributed by atoms with E-state index < -0.39 is 5.97 Å². The van der Waals surface area contributed by atoms with E-state index in [0.717, 1.165) is 5.39 Å². The smallest absolute Gasteiger partial charge is 0.356 e. The van der Waals surface area contributed by atoms with Gasteiger partial charge < -0.3 is 20.3 Å². The second kappa shape index (κ2) is 6.27. The van der Waals surface area contributed by atoms with Gasteiger partial charge in [-0.1, -0.05) is 6.07 Å². The maximum absolute atomic E-state index is 11.9. The van der Waals surface area contributed by atoms with Crippen LogP contribution in [-0.4, -0.2) is 35.3 Å². The van der Waals surface area contributed by atoms with Crippen molar-refractivity contribution in [1.29, 1.82) is 0 Å². The molecular weight excluding hydrogens is 322 g/mol. The average molecular weight is 339 g/mol. The molecule has 0 aliphatic carbocycles. The number of carbonyl (C=O) groups is 1. The number of pyridine rings is 2. The third kappa shape index (κ3) is 2.80. The molecule has 0 aliphatic rings. The molecular formula is C18H17N3O4. The van der Waals surface area contributed by atoms with Gasteiger partial charge in [0, 0.05) is 5.39 Å². The van der Waals surface area contributed by atoms with Crippen LogP contribution in [0.2, 0.25) is 0 Å². The molecule has 25 heavy (non-hydrogen) atoms. The third-order valence-corrected chi connectivity index (χ3v) is 3.88. The zero-order valence-corrected chi connectivity index (χ0v) is 14.0. The molecule has 0 saturated carbocycles. The lowest BCUT2D eigenvalue weighted by Crippen LogP contribution is -2.09. The van der Waals surface area contributed by atoms with Crippen molar-refractivity contribution in [1.82, 2.24) is 9.97 Å². The number of nitrogens with zero attached hydrogens (tertiary/aromatic N) is 2. The van der Waals surface area contributed by atoms with E-state index in [9.17, 15) is 9.90 Å². The summed E-state index contributed by atoms with van der Waals surface area (Å²) in [7, 11) is 2.75. The highest BCUT2D eigenvalue weighted by atomic mass is 16.5. The van der Waals surface area contributed by atoms with Gasteiger partial charge in [0.05, 0.1) is 25.6 Å². The van der Waals surface area contributed by atoms with Gasteiger partial charge in [0.1, 0.15) is 11.2 Å². The predicted octanol–water partition coefficient (Wildman–Crippen LogP) is 2.69. The van der Waals surface area contributed by atoms with Crippen LogP contribution in [0.5, 0.6) is 11.5 Å². The molecule has 0 aliphatic heterocycles. The number of aryl methyl sites for hydroxylation is 1. The fourth-order valence-electron chi connectivity index (χ4n) is 2.59. The summed E-state index contributed by atoms with van der Waals surface area (Å²) in [4.78, 5) is 20.6. The highest BCUT2D eigenvalue weighted by Crippen LogP contribution is 2.35. The van der Waals surface area contributed by atoms with Gasteiger partial charge in [-0.15, -0.1) is 0 Å². The molecule has 3 N–H and O–H groups in total. The molecule has 128 valence electrons. The average Bonchev–Trinajstić information content (AvgIpc) is 2.61. The lowest BCUT2D eigenvalue weighted by atomic mass is 10.1. The molecule has 0 bridgehead atoms. The van der Waals surface area contributed by atoms with Gasteiger partial charge in [0.15, 0.2) is 17.2 Å². The van der Waals surface area contributed by atoms with E-state index >= 15 is 0 Å². The third-order valence-electron chi connectivity index (χ3n) is 3.88. The Labute approximate surface area is 144 Å². The predicted molar refractivity (Wildman–Crippen MR) is 93.7 cm³/mol. The molecule has 2 aromatic heterocycles. The van der Waals surface area contributed by atoms with Crippen molar-refractivity contribution in [2.45, 2.75) is 6.92 Å². The number of methoxy groups -OCH3 is 2. The molecule has 0 unspecified atom stereocenters. The minimum Gasteiger partial charge on any atom is -0.503 e. The van der Waals surface area contributed by atoms with Crippen LogP contribution in [0.4, 0.5) is 5.69 Å². The first-order valence-electron chi connectivity index (χ1n) is 7.48. The van der Waals surface area contributed by atoms with Crippen molar-refractivity contribution in [3.05, 3.63) is 41.6 Å². The summed E-state index contributed by atoms with van der Waals surface area (Å²) < 4.78 is 9.86. The van der Waals surface area contributed by atoms with Crippen molar-refractivity contribution >= 4 is 22.6 Å². The first-order chi connectivity index (χ1) is 12.0. The fourth-order valence-corrected chi connectivity index (χ4v) is 2.59. The summed E-state index contributed by atoms with van der Waals surface area (Å²) in [5.41, 5.74) is 8.35. The topological polar surface area (TPSA) is 108 Å². The van der Waals surface area contributed by atoms with Crippen molar-refractivity contribution < 1.29 is 19.4 Å². The number of rotatable bonds is 3. The number of aromatic hydroxyl groups is 1. The van der Waals surface area contributed by atoms with Crippen molar-refractivity contribution in [2.24, 2.45) is 0 Å². The fraction of sp³-hybridized carbons (Fsp3) is 0.167. The normalized spacial score (nSPS) is 10.7. The Hall–Kier alpha value is -3.35. The number of nitrogens with two attached hydrogens (primary N) is 1. The number of aromatic nitrogens is 2. The Morgan fingerprint density at radius 2 is 1.88 bits per heavy atom. The maximum Gasteiger partial charge on any atom is 0.356 e. The molecule has 0 amide bonds. The summed E-state index contributed by atoms with van der Waals surface area (Å²) >= 11 is 0. The van der Waals surface area contributed by atoms with Gasteiger partial charge in [-0.3, -0.25) is 0 Å². The van der Waals surface area contributed by atoms with Crippen molar-refractivity contribution in [2.75, 3.05) is 20.0 Å². The minimum absolute atomic E-state index is 0.0688.